The highest BCUT2D eigenvalue weighted by Gasteiger charge is 2.47. The number of rotatable bonds is 5. The molecule has 0 spiro atoms. The van der Waals surface area contributed by atoms with Crippen molar-refractivity contribution in [1.29, 1.82) is 0 Å². The molecule has 0 amide bonds. The molecule has 1 saturated carbocycles. The maximum Gasteiger partial charge on any atom is 0.134 e. The van der Waals surface area contributed by atoms with Crippen LogP contribution in [0.3, 0.4) is 0 Å². The Hall–Kier alpha value is -1.36. The molecule has 5 heteroatoms. The molecule has 0 bridgehead atoms. The third-order valence-electron chi connectivity index (χ3n) is 4.21. The normalized spacial score (nSPS) is 24.7. The van der Waals surface area contributed by atoms with Crippen LogP contribution in [0.2, 0.25) is 0 Å². The van der Waals surface area contributed by atoms with Gasteiger partial charge in [-0.1, -0.05) is 27.2 Å². The number of anilines is 2. The highest BCUT2D eigenvalue weighted by molar-refractivity contribution is 5.58. The van der Waals surface area contributed by atoms with Crippen LogP contribution in [0.1, 0.15) is 39.2 Å². The Kier molecular flexibility index (Phi) is 3.94. The second-order valence-electron chi connectivity index (χ2n) is 5.82. The van der Waals surface area contributed by atoms with Gasteiger partial charge in [-0.25, -0.2) is 9.97 Å². The molecule has 0 radical (unpaired) electrons. The van der Waals surface area contributed by atoms with Gasteiger partial charge in [-0.2, -0.15) is 0 Å². The third kappa shape index (κ3) is 2.52. The van der Waals surface area contributed by atoms with Crippen molar-refractivity contribution in [3.05, 3.63) is 11.9 Å². The first kappa shape index (κ1) is 14.1. The van der Waals surface area contributed by atoms with Crippen LogP contribution in [0.25, 0.3) is 0 Å². The van der Waals surface area contributed by atoms with Gasteiger partial charge in [0.25, 0.3) is 0 Å². The number of aliphatic hydroxyl groups excluding tert-OH is 1. The van der Waals surface area contributed by atoms with E-state index in [1.54, 1.807) is 6.33 Å². The summed E-state index contributed by atoms with van der Waals surface area (Å²) in [7, 11) is 1.88. The van der Waals surface area contributed by atoms with Gasteiger partial charge in [0, 0.05) is 24.1 Å². The van der Waals surface area contributed by atoms with Crippen molar-refractivity contribution in [2.45, 2.75) is 52.2 Å². The highest BCUT2D eigenvalue weighted by Crippen LogP contribution is 2.42. The Balaban J connectivity index is 2.20. The summed E-state index contributed by atoms with van der Waals surface area (Å²) in [5.41, 5.74) is 1.03. The zero-order chi connectivity index (χ0) is 14.0. The number of hydrogen-bond acceptors (Lipinski definition) is 5. The van der Waals surface area contributed by atoms with E-state index < -0.39 is 0 Å². The van der Waals surface area contributed by atoms with Crippen molar-refractivity contribution in [1.82, 2.24) is 9.97 Å². The molecule has 106 valence electrons. The molecule has 0 aromatic carbocycles. The molecule has 3 N–H and O–H groups in total. The van der Waals surface area contributed by atoms with Crippen LogP contribution in [0.5, 0.6) is 0 Å². The van der Waals surface area contributed by atoms with Crippen molar-refractivity contribution in [3.63, 3.8) is 0 Å². The summed E-state index contributed by atoms with van der Waals surface area (Å²) in [6.07, 6.45) is 4.11. The minimum atomic E-state index is -0.231. The van der Waals surface area contributed by atoms with E-state index in [4.69, 9.17) is 0 Å². The largest absolute Gasteiger partial charge is 0.392 e. The summed E-state index contributed by atoms with van der Waals surface area (Å²) in [6, 6.07) is 0.262. The minimum Gasteiger partial charge on any atom is -0.392 e. The summed E-state index contributed by atoms with van der Waals surface area (Å²) < 4.78 is 0. The minimum absolute atomic E-state index is 0.103. The van der Waals surface area contributed by atoms with Crippen LogP contribution in [-0.4, -0.2) is 34.3 Å². The van der Waals surface area contributed by atoms with E-state index in [0.717, 1.165) is 36.5 Å². The van der Waals surface area contributed by atoms with Crippen LogP contribution in [0, 0.1) is 5.41 Å². The molecule has 1 fully saturated rings. The van der Waals surface area contributed by atoms with Gasteiger partial charge in [-0.05, 0) is 12.8 Å². The standard InChI is InChI=1S/C14H24N4O/c1-5-6-9-12(15-4)16-8-17-13(9)18-10-7-11(19)14(10,2)3/h8,10-11,19H,5-7H2,1-4H3,(H2,15,16,17,18). The van der Waals surface area contributed by atoms with Gasteiger partial charge in [0.05, 0.1) is 6.10 Å². The Morgan fingerprint density at radius 1 is 1.37 bits per heavy atom. The third-order valence-corrected chi connectivity index (χ3v) is 4.21. The molecule has 5 nitrogen and oxygen atoms in total. The van der Waals surface area contributed by atoms with E-state index in [9.17, 15) is 5.11 Å². The van der Waals surface area contributed by atoms with Crippen molar-refractivity contribution < 1.29 is 5.11 Å². The molecule has 1 heterocycles. The number of nitrogens with zero attached hydrogens (tertiary/aromatic N) is 2. The van der Waals surface area contributed by atoms with Crippen LogP contribution in [-0.2, 0) is 6.42 Å². The zero-order valence-electron chi connectivity index (χ0n) is 12.2. The van der Waals surface area contributed by atoms with Gasteiger partial charge in [-0.15, -0.1) is 0 Å². The average molecular weight is 264 g/mol. The fourth-order valence-electron chi connectivity index (χ4n) is 2.55. The second-order valence-corrected chi connectivity index (χ2v) is 5.82. The van der Waals surface area contributed by atoms with Crippen molar-refractivity contribution >= 4 is 11.6 Å². The zero-order valence-corrected chi connectivity index (χ0v) is 12.2. The quantitative estimate of drug-likeness (QED) is 0.759. The Labute approximate surface area is 114 Å². The van der Waals surface area contributed by atoms with E-state index >= 15 is 0 Å². The maximum atomic E-state index is 9.81. The van der Waals surface area contributed by atoms with E-state index in [-0.39, 0.29) is 17.6 Å². The molecule has 1 aromatic heterocycles. The number of hydrogen-bond donors (Lipinski definition) is 3. The first-order valence-electron chi connectivity index (χ1n) is 6.96. The molecule has 2 unspecified atom stereocenters. The summed E-state index contributed by atoms with van der Waals surface area (Å²) in [6.45, 7) is 6.31. The van der Waals surface area contributed by atoms with Gasteiger partial charge in [0.15, 0.2) is 0 Å². The number of aromatic nitrogens is 2. The first-order valence-corrected chi connectivity index (χ1v) is 6.96. The summed E-state index contributed by atoms with van der Waals surface area (Å²) in [5, 5.41) is 16.4. The lowest BCUT2D eigenvalue weighted by Crippen LogP contribution is -2.57. The Morgan fingerprint density at radius 2 is 2.05 bits per heavy atom. The van der Waals surface area contributed by atoms with E-state index in [2.05, 4.69) is 41.4 Å². The fraction of sp³-hybridized carbons (Fsp3) is 0.714. The number of aliphatic hydroxyl groups is 1. The van der Waals surface area contributed by atoms with E-state index in [1.165, 1.54) is 0 Å². The summed E-state index contributed by atoms with van der Waals surface area (Å²) >= 11 is 0. The van der Waals surface area contributed by atoms with Crippen LogP contribution in [0.4, 0.5) is 11.6 Å². The van der Waals surface area contributed by atoms with Crippen LogP contribution in [0.15, 0.2) is 6.33 Å². The van der Waals surface area contributed by atoms with Gasteiger partial charge in [-0.3, -0.25) is 0 Å². The number of nitrogens with one attached hydrogen (secondary N) is 2. The van der Waals surface area contributed by atoms with E-state index in [0.29, 0.717) is 0 Å². The molecular formula is C14H24N4O. The Bertz CT molecular complexity index is 447. The smallest absolute Gasteiger partial charge is 0.134 e. The van der Waals surface area contributed by atoms with Crippen molar-refractivity contribution in [2.24, 2.45) is 5.41 Å². The lowest BCUT2D eigenvalue weighted by molar-refractivity contribution is -0.0511. The lowest BCUT2D eigenvalue weighted by atomic mass is 9.64. The van der Waals surface area contributed by atoms with Gasteiger partial charge >= 0.3 is 0 Å². The predicted octanol–water partition coefficient (Wildman–Crippen LogP) is 2.04. The lowest BCUT2D eigenvalue weighted by Gasteiger charge is -2.49. The molecule has 2 rings (SSSR count). The first-order chi connectivity index (χ1) is 9.00. The van der Waals surface area contributed by atoms with Crippen molar-refractivity contribution in [2.75, 3.05) is 17.7 Å². The second kappa shape index (κ2) is 5.33. The van der Waals surface area contributed by atoms with Crippen LogP contribution >= 0.6 is 0 Å². The molecule has 19 heavy (non-hydrogen) atoms. The molecule has 1 aliphatic carbocycles. The van der Waals surface area contributed by atoms with E-state index in [1.807, 2.05) is 7.05 Å². The SMILES string of the molecule is CCCc1c(NC)ncnc1NC1CC(O)C1(C)C. The Morgan fingerprint density at radius 3 is 2.58 bits per heavy atom. The van der Waals surface area contributed by atoms with Crippen LogP contribution < -0.4 is 10.6 Å². The molecular weight excluding hydrogens is 240 g/mol. The highest BCUT2D eigenvalue weighted by atomic mass is 16.3. The fourth-order valence-corrected chi connectivity index (χ4v) is 2.55. The molecule has 2 atom stereocenters. The molecule has 0 aliphatic heterocycles. The molecule has 0 saturated heterocycles. The maximum absolute atomic E-state index is 9.81. The average Bonchev–Trinajstić information content (AvgIpc) is 2.40. The topological polar surface area (TPSA) is 70.1 Å². The summed E-state index contributed by atoms with van der Waals surface area (Å²) in [5.74, 6) is 1.78. The van der Waals surface area contributed by atoms with Gasteiger partial charge in [0.1, 0.15) is 18.0 Å². The van der Waals surface area contributed by atoms with Crippen molar-refractivity contribution in [3.8, 4) is 0 Å². The predicted molar refractivity (Wildman–Crippen MR) is 77.4 cm³/mol. The van der Waals surface area contributed by atoms with Gasteiger partial charge < -0.3 is 15.7 Å². The molecule has 1 aliphatic rings. The van der Waals surface area contributed by atoms with Gasteiger partial charge in [0.2, 0.25) is 0 Å². The monoisotopic (exact) mass is 264 g/mol. The summed E-state index contributed by atoms with van der Waals surface area (Å²) in [4.78, 5) is 8.64. The molecule has 1 aromatic rings.